The first-order valence-electron chi connectivity index (χ1n) is 8.79. The van der Waals surface area contributed by atoms with Crippen LogP contribution in [0.25, 0.3) is 0 Å². The molecule has 7 nitrogen and oxygen atoms in total. The first-order valence-corrected chi connectivity index (χ1v) is 8.79. The van der Waals surface area contributed by atoms with Gasteiger partial charge >= 0.3 is 6.18 Å². The van der Waals surface area contributed by atoms with Crippen molar-refractivity contribution in [1.82, 2.24) is 16.0 Å². The van der Waals surface area contributed by atoms with Crippen LogP contribution in [0.3, 0.4) is 0 Å². The molecule has 1 aromatic carbocycles. The lowest BCUT2D eigenvalue weighted by Crippen LogP contribution is -2.42. The molecule has 0 aliphatic rings. The van der Waals surface area contributed by atoms with E-state index in [9.17, 15) is 18.0 Å². The number of nitrogens with zero attached hydrogens (tertiary/aromatic N) is 1. The Morgan fingerprint density at radius 1 is 1.17 bits per heavy atom. The lowest BCUT2D eigenvalue weighted by atomic mass is 10.1. The topological polar surface area (TPSA) is 87.9 Å². The van der Waals surface area contributed by atoms with E-state index >= 15 is 0 Å². The number of carbonyl (C=O) groups is 1. The van der Waals surface area contributed by atoms with Crippen molar-refractivity contribution in [3.8, 4) is 5.75 Å². The van der Waals surface area contributed by atoms with Crippen molar-refractivity contribution in [2.45, 2.75) is 26.2 Å². The standard InChI is InChI=1S/C19H23F3N4O3/c1-13-5-6-14(16(8-13)29-12-19(20,21)22)9-25-18(23-2)26-11-17(27)24-10-15-4-3-7-28-15/h3-8H,9-12H2,1-2H3,(H,24,27)(H2,23,25,26). The SMILES string of the molecule is CN=C(NCC(=O)NCc1ccco1)NCc1ccc(C)cc1OCC(F)(F)F. The van der Waals surface area contributed by atoms with Crippen molar-refractivity contribution in [3.63, 3.8) is 0 Å². The van der Waals surface area contributed by atoms with Gasteiger partial charge in [0.05, 0.1) is 19.4 Å². The van der Waals surface area contributed by atoms with Crippen LogP contribution >= 0.6 is 0 Å². The van der Waals surface area contributed by atoms with Crippen molar-refractivity contribution in [3.05, 3.63) is 53.5 Å². The number of aryl methyl sites for hydroxylation is 1. The Balaban J connectivity index is 1.84. The molecule has 2 rings (SSSR count). The largest absolute Gasteiger partial charge is 0.484 e. The molecule has 0 unspecified atom stereocenters. The van der Waals surface area contributed by atoms with Gasteiger partial charge in [0.25, 0.3) is 0 Å². The molecule has 0 radical (unpaired) electrons. The molecule has 1 heterocycles. The fourth-order valence-electron chi connectivity index (χ4n) is 2.33. The summed E-state index contributed by atoms with van der Waals surface area (Å²) in [6.07, 6.45) is -2.90. The summed E-state index contributed by atoms with van der Waals surface area (Å²) in [5, 5.41) is 8.46. The maximum atomic E-state index is 12.5. The van der Waals surface area contributed by atoms with Gasteiger partial charge in [0, 0.05) is 19.2 Å². The van der Waals surface area contributed by atoms with E-state index in [0.717, 1.165) is 5.56 Å². The van der Waals surface area contributed by atoms with E-state index < -0.39 is 12.8 Å². The monoisotopic (exact) mass is 412 g/mol. The third kappa shape index (κ3) is 8.16. The molecule has 0 spiro atoms. The maximum Gasteiger partial charge on any atom is 0.422 e. The summed E-state index contributed by atoms with van der Waals surface area (Å²) in [5.41, 5.74) is 1.31. The van der Waals surface area contributed by atoms with Gasteiger partial charge in [-0.25, -0.2) is 0 Å². The normalized spacial score (nSPS) is 11.8. The van der Waals surface area contributed by atoms with E-state index in [1.165, 1.54) is 13.3 Å². The summed E-state index contributed by atoms with van der Waals surface area (Å²) >= 11 is 0. The molecule has 0 atom stereocenters. The van der Waals surface area contributed by atoms with Crippen LogP contribution in [0.4, 0.5) is 13.2 Å². The zero-order chi connectivity index (χ0) is 21.3. The number of amides is 1. The molecule has 0 saturated carbocycles. The van der Waals surface area contributed by atoms with Crippen LogP contribution in [0.2, 0.25) is 0 Å². The summed E-state index contributed by atoms with van der Waals surface area (Å²) in [5.74, 6) is 0.822. The van der Waals surface area contributed by atoms with Crippen molar-refractivity contribution in [1.29, 1.82) is 0 Å². The second-order valence-electron chi connectivity index (χ2n) is 6.15. The molecule has 1 aromatic heterocycles. The Morgan fingerprint density at radius 3 is 2.62 bits per heavy atom. The minimum Gasteiger partial charge on any atom is -0.484 e. The molecule has 0 aliphatic heterocycles. The number of carbonyl (C=O) groups excluding carboxylic acids is 1. The van der Waals surface area contributed by atoms with Crippen LogP contribution in [-0.2, 0) is 17.9 Å². The lowest BCUT2D eigenvalue weighted by Gasteiger charge is -2.16. The van der Waals surface area contributed by atoms with Crippen molar-refractivity contribution in [2.75, 3.05) is 20.2 Å². The van der Waals surface area contributed by atoms with E-state index in [1.807, 2.05) is 0 Å². The Hall–Kier alpha value is -3.17. The quantitative estimate of drug-likeness (QED) is 0.458. The Morgan fingerprint density at radius 2 is 1.97 bits per heavy atom. The van der Waals surface area contributed by atoms with Gasteiger partial charge in [0.15, 0.2) is 12.6 Å². The molecular weight excluding hydrogens is 389 g/mol. The molecule has 0 fully saturated rings. The number of halogens is 3. The average molecular weight is 412 g/mol. The van der Waals surface area contributed by atoms with E-state index in [-0.39, 0.29) is 31.3 Å². The maximum absolute atomic E-state index is 12.5. The van der Waals surface area contributed by atoms with E-state index in [0.29, 0.717) is 17.3 Å². The van der Waals surface area contributed by atoms with Gasteiger partial charge in [-0.15, -0.1) is 0 Å². The van der Waals surface area contributed by atoms with Crippen LogP contribution < -0.4 is 20.7 Å². The van der Waals surface area contributed by atoms with Gasteiger partial charge in [-0.05, 0) is 30.7 Å². The molecular formula is C19H23F3N4O3. The van der Waals surface area contributed by atoms with Gasteiger partial charge in [-0.1, -0.05) is 12.1 Å². The van der Waals surface area contributed by atoms with Crippen LogP contribution in [-0.4, -0.2) is 38.2 Å². The predicted octanol–water partition coefficient (Wildman–Crippen LogP) is 2.51. The number of rotatable bonds is 8. The number of alkyl halides is 3. The molecule has 3 N–H and O–H groups in total. The highest BCUT2D eigenvalue weighted by atomic mass is 19.4. The summed E-state index contributed by atoms with van der Waals surface area (Å²) < 4.78 is 47.4. The predicted molar refractivity (Wildman–Crippen MR) is 101 cm³/mol. The molecule has 2 aromatic rings. The second-order valence-corrected chi connectivity index (χ2v) is 6.15. The third-order valence-electron chi connectivity index (χ3n) is 3.74. The smallest absolute Gasteiger partial charge is 0.422 e. The van der Waals surface area contributed by atoms with Gasteiger partial charge in [0.1, 0.15) is 11.5 Å². The summed E-state index contributed by atoms with van der Waals surface area (Å²) in [7, 11) is 1.52. The average Bonchev–Trinajstić information content (AvgIpc) is 3.19. The second kappa shape index (κ2) is 10.4. The molecule has 0 saturated heterocycles. The molecule has 10 heteroatoms. The van der Waals surface area contributed by atoms with Crippen LogP contribution in [0.1, 0.15) is 16.9 Å². The highest BCUT2D eigenvalue weighted by Gasteiger charge is 2.28. The van der Waals surface area contributed by atoms with Gasteiger partial charge in [0.2, 0.25) is 5.91 Å². The number of hydrogen-bond donors (Lipinski definition) is 3. The highest BCUT2D eigenvalue weighted by Crippen LogP contribution is 2.23. The lowest BCUT2D eigenvalue weighted by molar-refractivity contribution is -0.153. The van der Waals surface area contributed by atoms with Crippen molar-refractivity contribution < 1.29 is 27.1 Å². The highest BCUT2D eigenvalue weighted by molar-refractivity contribution is 5.86. The number of furan rings is 1. The molecule has 0 aliphatic carbocycles. The third-order valence-corrected chi connectivity index (χ3v) is 3.74. The first-order chi connectivity index (χ1) is 13.8. The number of guanidine groups is 1. The summed E-state index contributed by atoms with van der Waals surface area (Å²) in [6, 6.07) is 8.46. The molecule has 158 valence electrons. The van der Waals surface area contributed by atoms with Crippen LogP contribution in [0, 0.1) is 6.92 Å². The number of aliphatic imine (C=N–C) groups is 1. The van der Waals surface area contributed by atoms with E-state index in [2.05, 4.69) is 20.9 Å². The minimum atomic E-state index is -4.42. The van der Waals surface area contributed by atoms with E-state index in [4.69, 9.17) is 9.15 Å². The van der Waals surface area contributed by atoms with Crippen molar-refractivity contribution in [2.24, 2.45) is 4.99 Å². The number of nitrogens with one attached hydrogen (secondary N) is 3. The zero-order valence-electron chi connectivity index (χ0n) is 16.1. The van der Waals surface area contributed by atoms with Crippen LogP contribution in [0.15, 0.2) is 46.0 Å². The zero-order valence-corrected chi connectivity index (χ0v) is 16.1. The number of benzene rings is 1. The number of ether oxygens (including phenoxy) is 1. The van der Waals surface area contributed by atoms with Gasteiger partial charge in [-0.2, -0.15) is 13.2 Å². The molecule has 1 amide bonds. The fraction of sp³-hybridized carbons (Fsp3) is 0.368. The molecule has 0 bridgehead atoms. The van der Waals surface area contributed by atoms with Gasteiger partial charge in [-0.3, -0.25) is 9.79 Å². The summed E-state index contributed by atoms with van der Waals surface area (Å²) in [4.78, 5) is 15.9. The van der Waals surface area contributed by atoms with E-state index in [1.54, 1.807) is 37.3 Å². The minimum absolute atomic E-state index is 0.0360. The molecule has 29 heavy (non-hydrogen) atoms. The Kier molecular flexibility index (Phi) is 7.93. The van der Waals surface area contributed by atoms with Crippen LogP contribution in [0.5, 0.6) is 5.75 Å². The van der Waals surface area contributed by atoms with Crippen molar-refractivity contribution >= 4 is 11.9 Å². The Labute approximate surface area is 166 Å². The fourth-order valence-corrected chi connectivity index (χ4v) is 2.33. The Bertz CT molecular complexity index is 821. The number of hydrogen-bond acceptors (Lipinski definition) is 4. The summed E-state index contributed by atoms with van der Waals surface area (Å²) in [6.45, 7) is 0.793. The van der Waals surface area contributed by atoms with Gasteiger partial charge < -0.3 is 25.1 Å². The first kappa shape index (κ1) is 22.1.